The molecule has 1 nitrogen and oxygen atoms in total. The first-order valence-corrected chi connectivity index (χ1v) is 6.49. The van der Waals surface area contributed by atoms with Crippen LogP contribution in [0, 0.1) is 5.41 Å². The number of fused-ring (bicyclic) bond motifs is 1. The van der Waals surface area contributed by atoms with Gasteiger partial charge >= 0.3 is 0 Å². The van der Waals surface area contributed by atoms with Crippen molar-refractivity contribution in [2.75, 3.05) is 0 Å². The quantitative estimate of drug-likeness (QED) is 0.653. The lowest BCUT2D eigenvalue weighted by molar-refractivity contribution is 0.599. The van der Waals surface area contributed by atoms with E-state index in [9.17, 15) is 0 Å². The molecule has 2 aromatic carbocycles. The number of nitrogens with zero attached hydrogens (tertiary/aromatic N) is 1. The Balaban J connectivity index is 2.39. The fourth-order valence-corrected chi connectivity index (χ4v) is 2.03. The Hall–Kier alpha value is -1.63. The first-order chi connectivity index (χ1) is 8.47. The van der Waals surface area contributed by atoms with Gasteiger partial charge < -0.3 is 0 Å². The molecule has 0 radical (unpaired) electrons. The van der Waals surface area contributed by atoms with Crippen LogP contribution in [0.2, 0.25) is 0 Å². The molecule has 1 unspecified atom stereocenters. The lowest BCUT2D eigenvalue weighted by Gasteiger charge is -2.14. The molecule has 94 valence electrons. The van der Waals surface area contributed by atoms with Gasteiger partial charge in [0.05, 0.1) is 6.04 Å². The summed E-state index contributed by atoms with van der Waals surface area (Å²) in [5.74, 6) is 0. The lowest BCUT2D eigenvalue weighted by Crippen LogP contribution is -2.07. The van der Waals surface area contributed by atoms with Gasteiger partial charge in [-0.2, -0.15) is 0 Å². The van der Waals surface area contributed by atoms with Gasteiger partial charge in [-0.3, -0.25) is 4.99 Å². The fraction of sp³-hybridized carbons (Fsp3) is 0.353. The average molecular weight is 239 g/mol. The van der Waals surface area contributed by atoms with Gasteiger partial charge in [-0.1, -0.05) is 63.2 Å². The average Bonchev–Trinajstić information content (AvgIpc) is 2.34. The van der Waals surface area contributed by atoms with Crippen LogP contribution in [0.5, 0.6) is 0 Å². The van der Waals surface area contributed by atoms with Crippen molar-refractivity contribution in [1.29, 1.82) is 0 Å². The van der Waals surface area contributed by atoms with Crippen LogP contribution in [0.1, 0.15) is 39.3 Å². The molecule has 0 amide bonds. The highest BCUT2D eigenvalue weighted by Gasteiger charge is 2.10. The Bertz CT molecular complexity index is 556. The van der Waals surface area contributed by atoms with Gasteiger partial charge in [0, 0.05) is 6.21 Å². The number of rotatable bonds is 2. The van der Waals surface area contributed by atoms with Crippen LogP contribution in [0.15, 0.2) is 47.5 Å². The van der Waals surface area contributed by atoms with Crippen LogP contribution >= 0.6 is 0 Å². The Morgan fingerprint density at radius 1 is 1.00 bits per heavy atom. The van der Waals surface area contributed by atoms with Crippen molar-refractivity contribution < 1.29 is 0 Å². The zero-order chi connectivity index (χ0) is 13.2. The molecule has 1 heteroatoms. The van der Waals surface area contributed by atoms with E-state index in [0.29, 0.717) is 0 Å². The Morgan fingerprint density at radius 3 is 2.39 bits per heavy atom. The summed E-state index contributed by atoms with van der Waals surface area (Å²) >= 11 is 0. The molecule has 1 atom stereocenters. The molecule has 2 rings (SSSR count). The smallest absolute Gasteiger partial charge is 0.0723 e. The topological polar surface area (TPSA) is 12.4 Å². The molecule has 0 saturated heterocycles. The third-order valence-corrected chi connectivity index (χ3v) is 2.96. The minimum absolute atomic E-state index is 0.138. The van der Waals surface area contributed by atoms with E-state index in [4.69, 9.17) is 4.99 Å². The van der Waals surface area contributed by atoms with E-state index in [2.05, 4.69) is 76.4 Å². The molecule has 0 aliphatic rings. The summed E-state index contributed by atoms with van der Waals surface area (Å²) in [6, 6.07) is 15.1. The highest BCUT2D eigenvalue weighted by atomic mass is 14.8. The summed E-state index contributed by atoms with van der Waals surface area (Å²) in [6.45, 7) is 8.68. The normalized spacial score (nSPS) is 14.2. The van der Waals surface area contributed by atoms with Crippen molar-refractivity contribution in [2.45, 2.75) is 33.7 Å². The molecular weight excluding hydrogens is 218 g/mol. The SMILES string of the molecule is CC(N=CC(C)(C)C)c1cccc2ccccc12. The van der Waals surface area contributed by atoms with Crippen molar-refractivity contribution in [3.8, 4) is 0 Å². The second-order valence-corrected chi connectivity index (χ2v) is 5.89. The molecule has 0 aliphatic carbocycles. The van der Waals surface area contributed by atoms with Crippen LogP contribution in [-0.2, 0) is 0 Å². The fourth-order valence-electron chi connectivity index (χ4n) is 2.03. The zero-order valence-corrected chi connectivity index (χ0v) is 11.6. The number of hydrogen-bond donors (Lipinski definition) is 0. The third-order valence-electron chi connectivity index (χ3n) is 2.96. The molecule has 18 heavy (non-hydrogen) atoms. The maximum atomic E-state index is 4.69. The van der Waals surface area contributed by atoms with E-state index in [0.717, 1.165) is 0 Å². The summed E-state index contributed by atoms with van der Waals surface area (Å²) in [4.78, 5) is 4.69. The highest BCUT2D eigenvalue weighted by molar-refractivity contribution is 5.86. The molecular formula is C17H21N. The standard InChI is InChI=1S/C17H21N/c1-13(18-12-17(2,3)4)15-11-7-9-14-8-5-6-10-16(14)15/h5-13H,1-4H3. The predicted molar refractivity (Wildman–Crippen MR) is 80.3 cm³/mol. The summed E-state index contributed by atoms with van der Waals surface area (Å²) in [5, 5.41) is 2.59. The largest absolute Gasteiger partial charge is 0.289 e. The molecule has 0 spiro atoms. The summed E-state index contributed by atoms with van der Waals surface area (Å²) in [5.41, 5.74) is 1.44. The molecule has 0 bridgehead atoms. The van der Waals surface area contributed by atoms with Gasteiger partial charge in [-0.05, 0) is 28.7 Å². The first kappa shape index (κ1) is 12.8. The summed E-state index contributed by atoms with van der Waals surface area (Å²) in [6.07, 6.45) is 2.06. The first-order valence-electron chi connectivity index (χ1n) is 6.49. The van der Waals surface area contributed by atoms with Crippen molar-refractivity contribution in [1.82, 2.24) is 0 Å². The monoisotopic (exact) mass is 239 g/mol. The van der Waals surface area contributed by atoms with Crippen LogP contribution in [0.3, 0.4) is 0 Å². The van der Waals surface area contributed by atoms with Gasteiger partial charge in [0.1, 0.15) is 0 Å². The second kappa shape index (κ2) is 4.93. The number of benzene rings is 2. The zero-order valence-electron chi connectivity index (χ0n) is 11.6. The molecule has 0 saturated carbocycles. The van der Waals surface area contributed by atoms with Crippen LogP contribution in [-0.4, -0.2) is 6.21 Å². The summed E-state index contributed by atoms with van der Waals surface area (Å²) < 4.78 is 0. The van der Waals surface area contributed by atoms with Gasteiger partial charge in [0.15, 0.2) is 0 Å². The summed E-state index contributed by atoms with van der Waals surface area (Å²) in [7, 11) is 0. The van der Waals surface area contributed by atoms with Gasteiger partial charge in [0.2, 0.25) is 0 Å². The minimum atomic E-state index is 0.138. The van der Waals surface area contributed by atoms with Crippen molar-refractivity contribution in [3.05, 3.63) is 48.0 Å². The van der Waals surface area contributed by atoms with Crippen molar-refractivity contribution in [2.24, 2.45) is 10.4 Å². The van der Waals surface area contributed by atoms with Crippen LogP contribution in [0.4, 0.5) is 0 Å². The van der Waals surface area contributed by atoms with Gasteiger partial charge in [-0.15, -0.1) is 0 Å². The molecule has 0 heterocycles. The van der Waals surface area contributed by atoms with E-state index >= 15 is 0 Å². The molecule has 0 aromatic heterocycles. The van der Waals surface area contributed by atoms with E-state index in [1.54, 1.807) is 0 Å². The predicted octanol–water partition coefficient (Wildman–Crippen LogP) is 5.02. The second-order valence-electron chi connectivity index (χ2n) is 5.89. The highest BCUT2D eigenvalue weighted by Crippen LogP contribution is 2.26. The van der Waals surface area contributed by atoms with E-state index < -0.39 is 0 Å². The minimum Gasteiger partial charge on any atom is -0.289 e. The Kier molecular flexibility index (Phi) is 3.51. The van der Waals surface area contributed by atoms with E-state index in [-0.39, 0.29) is 11.5 Å². The number of hydrogen-bond acceptors (Lipinski definition) is 1. The Morgan fingerprint density at radius 2 is 1.67 bits per heavy atom. The maximum absolute atomic E-state index is 4.69. The van der Waals surface area contributed by atoms with Gasteiger partial charge in [0.25, 0.3) is 0 Å². The van der Waals surface area contributed by atoms with Gasteiger partial charge in [-0.25, -0.2) is 0 Å². The van der Waals surface area contributed by atoms with Crippen LogP contribution in [0.25, 0.3) is 10.8 Å². The third kappa shape index (κ3) is 2.98. The maximum Gasteiger partial charge on any atom is 0.0723 e. The van der Waals surface area contributed by atoms with E-state index in [1.165, 1.54) is 16.3 Å². The Labute approximate surface area is 110 Å². The molecule has 2 aromatic rings. The number of aliphatic imine (C=N–C) groups is 1. The molecule has 0 fully saturated rings. The molecule has 0 aliphatic heterocycles. The lowest BCUT2D eigenvalue weighted by atomic mass is 9.97. The molecule has 0 N–H and O–H groups in total. The van der Waals surface area contributed by atoms with Crippen LogP contribution < -0.4 is 0 Å². The van der Waals surface area contributed by atoms with Crippen molar-refractivity contribution >= 4 is 17.0 Å². The van der Waals surface area contributed by atoms with Crippen molar-refractivity contribution in [3.63, 3.8) is 0 Å². The van der Waals surface area contributed by atoms with E-state index in [1.807, 2.05) is 0 Å².